The van der Waals surface area contributed by atoms with Gasteiger partial charge in [0, 0.05) is 11.6 Å². The Labute approximate surface area is 121 Å². The van der Waals surface area contributed by atoms with Crippen molar-refractivity contribution < 1.29 is 13.5 Å². The zero-order valence-electron chi connectivity index (χ0n) is 9.99. The molecule has 0 bridgehead atoms. The molecule has 1 aromatic carbocycles. The number of anilines is 1. The molecule has 0 spiro atoms. The van der Waals surface area contributed by atoms with Gasteiger partial charge in [0.15, 0.2) is 0 Å². The van der Waals surface area contributed by atoms with Crippen LogP contribution in [0.2, 0.25) is 10.0 Å². The maximum atomic E-state index is 12.1. The van der Waals surface area contributed by atoms with Crippen molar-refractivity contribution >= 4 is 38.9 Å². The molecule has 0 aliphatic heterocycles. The van der Waals surface area contributed by atoms with Crippen molar-refractivity contribution in [3.05, 3.63) is 22.2 Å². The first-order chi connectivity index (χ1) is 8.73. The highest BCUT2D eigenvalue weighted by Gasteiger charge is 2.36. The molecule has 106 valence electrons. The topological polar surface area (TPSA) is 92.4 Å². The van der Waals surface area contributed by atoms with Crippen LogP contribution in [0.4, 0.5) is 5.69 Å². The van der Waals surface area contributed by atoms with Crippen molar-refractivity contribution in [1.82, 2.24) is 4.72 Å². The first-order valence-corrected chi connectivity index (χ1v) is 7.94. The van der Waals surface area contributed by atoms with Gasteiger partial charge < -0.3 is 10.8 Å². The van der Waals surface area contributed by atoms with E-state index in [1.165, 1.54) is 12.1 Å². The van der Waals surface area contributed by atoms with E-state index in [2.05, 4.69) is 4.72 Å². The predicted octanol–water partition coefficient (Wildman–Crippen LogP) is 1.77. The largest absolute Gasteiger partial charge is 0.398 e. The van der Waals surface area contributed by atoms with Crippen LogP contribution in [0, 0.1) is 0 Å². The summed E-state index contributed by atoms with van der Waals surface area (Å²) in [6, 6.07) is 2.63. The van der Waals surface area contributed by atoms with Gasteiger partial charge in [0.2, 0.25) is 10.0 Å². The summed E-state index contributed by atoms with van der Waals surface area (Å²) in [5.74, 6) is 0. The molecule has 1 aliphatic rings. The molecule has 1 aliphatic carbocycles. The molecular formula is C11H14Cl2N2O3S. The standard InChI is InChI=1S/C11H14Cl2N2O3S/c12-7-4-8(13)10(9(14)5-7)19(17,18)15-6-11(16)2-1-3-11/h4-5,15-16H,1-3,6,14H2. The Hall–Kier alpha value is -0.530. The van der Waals surface area contributed by atoms with E-state index in [1.807, 2.05) is 0 Å². The zero-order chi connectivity index (χ0) is 14.3. The highest BCUT2D eigenvalue weighted by molar-refractivity contribution is 7.89. The average molecular weight is 325 g/mol. The maximum absolute atomic E-state index is 12.1. The van der Waals surface area contributed by atoms with Crippen LogP contribution in [0.5, 0.6) is 0 Å². The number of hydrogen-bond acceptors (Lipinski definition) is 4. The Kier molecular flexibility index (Phi) is 3.99. The van der Waals surface area contributed by atoms with E-state index < -0.39 is 15.6 Å². The highest BCUT2D eigenvalue weighted by atomic mass is 35.5. The normalized spacial score (nSPS) is 18.1. The lowest BCUT2D eigenvalue weighted by atomic mass is 9.81. The van der Waals surface area contributed by atoms with E-state index in [1.54, 1.807) is 0 Å². The number of sulfonamides is 1. The Balaban J connectivity index is 2.24. The van der Waals surface area contributed by atoms with Crippen LogP contribution < -0.4 is 10.5 Å². The number of benzene rings is 1. The van der Waals surface area contributed by atoms with Crippen LogP contribution >= 0.6 is 23.2 Å². The summed E-state index contributed by atoms with van der Waals surface area (Å²) in [4.78, 5) is -0.207. The molecule has 2 rings (SSSR count). The minimum Gasteiger partial charge on any atom is -0.398 e. The molecular weight excluding hydrogens is 311 g/mol. The highest BCUT2D eigenvalue weighted by Crippen LogP contribution is 2.33. The molecule has 0 unspecified atom stereocenters. The average Bonchev–Trinajstić information content (AvgIpc) is 2.22. The van der Waals surface area contributed by atoms with E-state index in [-0.39, 0.29) is 27.2 Å². The van der Waals surface area contributed by atoms with Crippen molar-refractivity contribution in [2.45, 2.75) is 29.8 Å². The number of nitrogen functional groups attached to an aromatic ring is 1. The van der Waals surface area contributed by atoms with Crippen LogP contribution in [-0.4, -0.2) is 25.7 Å². The molecule has 5 nitrogen and oxygen atoms in total. The van der Waals surface area contributed by atoms with E-state index in [0.29, 0.717) is 12.8 Å². The van der Waals surface area contributed by atoms with Gasteiger partial charge >= 0.3 is 0 Å². The Morgan fingerprint density at radius 3 is 2.47 bits per heavy atom. The Bertz CT molecular complexity index is 577. The Morgan fingerprint density at radius 2 is 2.00 bits per heavy atom. The maximum Gasteiger partial charge on any atom is 0.244 e. The molecule has 19 heavy (non-hydrogen) atoms. The molecule has 0 amide bonds. The zero-order valence-corrected chi connectivity index (χ0v) is 12.3. The van der Waals surface area contributed by atoms with Gasteiger partial charge in [-0.15, -0.1) is 0 Å². The van der Waals surface area contributed by atoms with Gasteiger partial charge in [-0.25, -0.2) is 13.1 Å². The van der Waals surface area contributed by atoms with Crippen LogP contribution in [0.3, 0.4) is 0 Å². The number of hydrogen-bond donors (Lipinski definition) is 3. The monoisotopic (exact) mass is 324 g/mol. The lowest BCUT2D eigenvalue weighted by molar-refractivity contribution is -0.0270. The molecule has 0 aromatic heterocycles. The molecule has 0 saturated heterocycles. The fourth-order valence-corrected chi connectivity index (χ4v) is 4.03. The third-order valence-electron chi connectivity index (χ3n) is 3.18. The first-order valence-electron chi connectivity index (χ1n) is 5.70. The summed E-state index contributed by atoms with van der Waals surface area (Å²) >= 11 is 11.6. The second kappa shape index (κ2) is 5.10. The predicted molar refractivity (Wildman–Crippen MR) is 74.9 cm³/mol. The quantitative estimate of drug-likeness (QED) is 0.736. The molecule has 8 heteroatoms. The van der Waals surface area contributed by atoms with Crippen molar-refractivity contribution in [2.75, 3.05) is 12.3 Å². The van der Waals surface area contributed by atoms with E-state index in [9.17, 15) is 13.5 Å². The van der Waals surface area contributed by atoms with E-state index in [4.69, 9.17) is 28.9 Å². The molecule has 1 saturated carbocycles. The summed E-state index contributed by atoms with van der Waals surface area (Å²) in [5, 5.41) is 10.1. The second-order valence-electron chi connectivity index (χ2n) is 4.71. The summed E-state index contributed by atoms with van der Waals surface area (Å²) in [6.45, 7) is -0.0479. The fraction of sp³-hybridized carbons (Fsp3) is 0.455. The van der Waals surface area contributed by atoms with Gasteiger partial charge in [-0.05, 0) is 31.4 Å². The van der Waals surface area contributed by atoms with Gasteiger partial charge in [-0.1, -0.05) is 23.2 Å². The SMILES string of the molecule is Nc1cc(Cl)cc(Cl)c1S(=O)(=O)NCC1(O)CCC1. The molecule has 4 N–H and O–H groups in total. The first kappa shape index (κ1) is 14.9. The lowest BCUT2D eigenvalue weighted by Gasteiger charge is -2.36. The number of nitrogens with one attached hydrogen (secondary N) is 1. The van der Waals surface area contributed by atoms with E-state index in [0.717, 1.165) is 6.42 Å². The summed E-state index contributed by atoms with van der Waals surface area (Å²) in [7, 11) is -3.87. The number of nitrogens with two attached hydrogens (primary N) is 1. The summed E-state index contributed by atoms with van der Waals surface area (Å²) < 4.78 is 26.6. The lowest BCUT2D eigenvalue weighted by Crippen LogP contribution is -2.47. The van der Waals surface area contributed by atoms with E-state index >= 15 is 0 Å². The van der Waals surface area contributed by atoms with Crippen molar-refractivity contribution in [2.24, 2.45) is 0 Å². The van der Waals surface area contributed by atoms with Crippen molar-refractivity contribution in [3.63, 3.8) is 0 Å². The van der Waals surface area contributed by atoms with Gasteiger partial charge in [-0.2, -0.15) is 0 Å². The smallest absolute Gasteiger partial charge is 0.244 e. The molecule has 0 radical (unpaired) electrons. The fourth-order valence-electron chi connectivity index (χ4n) is 1.93. The van der Waals surface area contributed by atoms with Gasteiger partial charge in [-0.3, -0.25) is 0 Å². The molecule has 1 aromatic rings. The van der Waals surface area contributed by atoms with Gasteiger partial charge in [0.25, 0.3) is 0 Å². The van der Waals surface area contributed by atoms with Gasteiger partial charge in [0.1, 0.15) is 4.90 Å². The number of aliphatic hydroxyl groups is 1. The third-order valence-corrected chi connectivity index (χ3v) is 5.33. The van der Waals surface area contributed by atoms with Crippen LogP contribution in [0.25, 0.3) is 0 Å². The number of rotatable bonds is 4. The molecule has 1 fully saturated rings. The van der Waals surface area contributed by atoms with Crippen molar-refractivity contribution in [3.8, 4) is 0 Å². The molecule has 0 heterocycles. The summed E-state index contributed by atoms with van der Waals surface area (Å²) in [5.41, 5.74) is 4.66. The third kappa shape index (κ3) is 3.14. The van der Waals surface area contributed by atoms with Crippen LogP contribution in [-0.2, 0) is 10.0 Å². The summed E-state index contributed by atoms with van der Waals surface area (Å²) in [6.07, 6.45) is 2.06. The minimum atomic E-state index is -3.87. The van der Waals surface area contributed by atoms with Gasteiger partial charge in [0.05, 0.1) is 16.3 Å². The van der Waals surface area contributed by atoms with Crippen LogP contribution in [0.15, 0.2) is 17.0 Å². The van der Waals surface area contributed by atoms with Crippen molar-refractivity contribution in [1.29, 1.82) is 0 Å². The second-order valence-corrected chi connectivity index (χ2v) is 7.26. The minimum absolute atomic E-state index is 0.0226. The van der Waals surface area contributed by atoms with Crippen LogP contribution in [0.1, 0.15) is 19.3 Å². The number of halogens is 2. The Morgan fingerprint density at radius 1 is 1.37 bits per heavy atom. The molecule has 0 atom stereocenters.